The Hall–Kier alpha value is -3.96. The average molecular weight is 526 g/mol. The highest BCUT2D eigenvalue weighted by atomic mass is 16.6. The summed E-state index contributed by atoms with van der Waals surface area (Å²) in [6.07, 6.45) is 2.45. The molecule has 1 fully saturated rings. The standard InChI is InChI=1S/C26H35N7O5/c1-5-14-33(30-23-18-10-6-7-11-19(18)24(35)29-28-23)21(34)13-12-20-27-22(31-38-20)17-9-8-15-32(16-17)25(36)37-26(2,3)4/h6-7,10-11,17H,5,8-9,12-16H2,1-4H3,(H,28,30)(H,29,35). The third-order valence-electron chi connectivity index (χ3n) is 6.16. The van der Waals surface area contributed by atoms with Gasteiger partial charge in [-0.1, -0.05) is 30.3 Å². The second-order valence-corrected chi connectivity index (χ2v) is 10.4. The lowest BCUT2D eigenvalue weighted by atomic mass is 9.98. The number of anilines is 1. The van der Waals surface area contributed by atoms with Crippen molar-refractivity contribution in [2.75, 3.05) is 25.1 Å². The fourth-order valence-electron chi connectivity index (χ4n) is 4.36. The van der Waals surface area contributed by atoms with Crippen molar-refractivity contribution < 1.29 is 18.8 Å². The van der Waals surface area contributed by atoms with Crippen LogP contribution in [0.15, 0.2) is 33.6 Å². The van der Waals surface area contributed by atoms with E-state index in [1.807, 2.05) is 33.8 Å². The molecule has 2 N–H and O–H groups in total. The lowest BCUT2D eigenvalue weighted by Crippen LogP contribution is -2.42. The molecule has 1 unspecified atom stereocenters. The Labute approximate surface area is 220 Å². The molecule has 0 bridgehead atoms. The van der Waals surface area contributed by atoms with Gasteiger partial charge in [-0.15, -0.1) is 0 Å². The van der Waals surface area contributed by atoms with Crippen molar-refractivity contribution >= 4 is 28.6 Å². The smallest absolute Gasteiger partial charge is 0.410 e. The number of piperidine rings is 1. The van der Waals surface area contributed by atoms with Crippen LogP contribution >= 0.6 is 0 Å². The monoisotopic (exact) mass is 525 g/mol. The quantitative estimate of drug-likeness (QED) is 0.421. The summed E-state index contributed by atoms with van der Waals surface area (Å²) in [6, 6.07) is 7.08. The van der Waals surface area contributed by atoms with Crippen LogP contribution in [-0.4, -0.2) is 67.5 Å². The van der Waals surface area contributed by atoms with Crippen LogP contribution in [0.4, 0.5) is 10.6 Å². The van der Waals surface area contributed by atoms with E-state index in [2.05, 4.69) is 25.8 Å². The van der Waals surface area contributed by atoms with Gasteiger partial charge in [-0.3, -0.25) is 20.0 Å². The van der Waals surface area contributed by atoms with Gasteiger partial charge in [-0.2, -0.15) is 10.1 Å². The minimum absolute atomic E-state index is 0.0534. The summed E-state index contributed by atoms with van der Waals surface area (Å²) in [5.41, 5.74) is 2.21. The first-order chi connectivity index (χ1) is 18.1. The molecule has 4 rings (SSSR count). The van der Waals surface area contributed by atoms with E-state index in [1.165, 1.54) is 5.01 Å². The number of hydrogen-bond acceptors (Lipinski definition) is 9. The van der Waals surface area contributed by atoms with Crippen LogP contribution in [0, 0.1) is 0 Å². The van der Waals surface area contributed by atoms with Crippen LogP contribution in [0.5, 0.6) is 0 Å². The summed E-state index contributed by atoms with van der Waals surface area (Å²) in [5.74, 6) is 1.08. The Morgan fingerprint density at radius 3 is 2.76 bits per heavy atom. The first-order valence-corrected chi connectivity index (χ1v) is 13.0. The molecule has 0 radical (unpaired) electrons. The lowest BCUT2D eigenvalue weighted by Gasteiger charge is -2.32. The van der Waals surface area contributed by atoms with Crippen molar-refractivity contribution in [3.63, 3.8) is 0 Å². The van der Waals surface area contributed by atoms with E-state index in [0.717, 1.165) is 19.3 Å². The molecule has 3 aromatic rings. The summed E-state index contributed by atoms with van der Waals surface area (Å²) in [4.78, 5) is 43.8. The van der Waals surface area contributed by atoms with E-state index in [4.69, 9.17) is 9.26 Å². The SMILES string of the molecule is CCCN(Nc1n[nH]c(=O)c2ccccc12)C(=O)CCc1nc(C2CCCN(C(=O)OC(C)(C)C)C2)no1. The van der Waals surface area contributed by atoms with Gasteiger partial charge >= 0.3 is 6.09 Å². The number of amides is 2. The molecule has 1 saturated heterocycles. The molecule has 3 heterocycles. The van der Waals surface area contributed by atoms with Crippen molar-refractivity contribution in [2.24, 2.45) is 0 Å². The molecular weight excluding hydrogens is 490 g/mol. The third-order valence-corrected chi connectivity index (χ3v) is 6.16. The molecule has 38 heavy (non-hydrogen) atoms. The lowest BCUT2D eigenvalue weighted by molar-refractivity contribution is -0.130. The van der Waals surface area contributed by atoms with Crippen molar-refractivity contribution in [3.05, 3.63) is 46.3 Å². The number of carbonyl (C=O) groups excluding carboxylic acids is 2. The largest absolute Gasteiger partial charge is 0.444 e. The molecule has 1 aliphatic heterocycles. The van der Waals surface area contributed by atoms with E-state index in [9.17, 15) is 14.4 Å². The molecule has 0 saturated carbocycles. The number of ether oxygens (including phenoxy) is 1. The first-order valence-electron chi connectivity index (χ1n) is 13.0. The number of hydrazine groups is 1. The number of rotatable bonds is 8. The Bertz CT molecular complexity index is 1330. The predicted molar refractivity (Wildman–Crippen MR) is 140 cm³/mol. The van der Waals surface area contributed by atoms with E-state index < -0.39 is 5.60 Å². The Morgan fingerprint density at radius 1 is 1.26 bits per heavy atom. The van der Waals surface area contributed by atoms with Gasteiger partial charge in [0, 0.05) is 43.8 Å². The fourth-order valence-corrected chi connectivity index (χ4v) is 4.36. The zero-order valence-corrected chi connectivity index (χ0v) is 22.3. The molecule has 1 atom stereocenters. The Kier molecular flexibility index (Phi) is 8.28. The van der Waals surface area contributed by atoms with Gasteiger partial charge in [0.2, 0.25) is 11.8 Å². The van der Waals surface area contributed by atoms with Crippen molar-refractivity contribution in [2.45, 2.75) is 71.3 Å². The van der Waals surface area contributed by atoms with Crippen molar-refractivity contribution in [1.82, 2.24) is 30.2 Å². The number of likely N-dealkylation sites (tertiary alicyclic amines) is 1. The van der Waals surface area contributed by atoms with Crippen molar-refractivity contribution in [3.8, 4) is 0 Å². The molecule has 1 aromatic carbocycles. The van der Waals surface area contributed by atoms with Gasteiger partial charge in [0.25, 0.3) is 5.56 Å². The highest BCUT2D eigenvalue weighted by Gasteiger charge is 2.30. The number of carbonyl (C=O) groups is 2. The molecule has 12 heteroatoms. The number of H-pyrrole nitrogens is 1. The summed E-state index contributed by atoms with van der Waals surface area (Å²) in [7, 11) is 0. The summed E-state index contributed by atoms with van der Waals surface area (Å²) < 4.78 is 10.9. The van der Waals surface area contributed by atoms with Gasteiger partial charge in [-0.05, 0) is 46.1 Å². The van der Waals surface area contributed by atoms with Crippen LogP contribution in [-0.2, 0) is 16.0 Å². The second kappa shape index (κ2) is 11.6. The zero-order chi connectivity index (χ0) is 27.3. The first kappa shape index (κ1) is 27.1. The maximum absolute atomic E-state index is 13.1. The molecule has 0 spiro atoms. The topological polar surface area (TPSA) is 147 Å². The van der Waals surface area contributed by atoms with Crippen LogP contribution in [0.3, 0.4) is 0 Å². The number of fused-ring (bicyclic) bond motifs is 1. The zero-order valence-electron chi connectivity index (χ0n) is 22.3. The number of aromatic amines is 1. The van der Waals surface area contributed by atoms with Gasteiger partial charge in [-0.25, -0.2) is 9.89 Å². The third kappa shape index (κ3) is 6.67. The van der Waals surface area contributed by atoms with E-state index in [1.54, 1.807) is 23.1 Å². The van der Waals surface area contributed by atoms with Crippen LogP contribution in [0.1, 0.15) is 71.0 Å². The molecule has 2 aromatic heterocycles. The highest BCUT2D eigenvalue weighted by Crippen LogP contribution is 2.26. The van der Waals surface area contributed by atoms with Gasteiger partial charge in [0.15, 0.2) is 11.6 Å². The highest BCUT2D eigenvalue weighted by molar-refractivity contribution is 5.91. The maximum atomic E-state index is 13.1. The summed E-state index contributed by atoms with van der Waals surface area (Å²) in [5, 5.41) is 13.3. The molecule has 12 nitrogen and oxygen atoms in total. The minimum atomic E-state index is -0.558. The normalized spacial score (nSPS) is 15.9. The summed E-state index contributed by atoms with van der Waals surface area (Å²) in [6.45, 7) is 9.03. The number of benzene rings is 1. The minimum Gasteiger partial charge on any atom is -0.444 e. The fraction of sp³-hybridized carbons (Fsp3) is 0.538. The van der Waals surface area contributed by atoms with Crippen LogP contribution < -0.4 is 11.0 Å². The summed E-state index contributed by atoms with van der Waals surface area (Å²) >= 11 is 0. The van der Waals surface area contributed by atoms with Gasteiger partial charge < -0.3 is 14.2 Å². The average Bonchev–Trinajstić information content (AvgIpc) is 3.37. The van der Waals surface area contributed by atoms with E-state index in [0.29, 0.717) is 47.9 Å². The number of nitrogens with one attached hydrogen (secondary N) is 2. The van der Waals surface area contributed by atoms with Gasteiger partial charge in [0.05, 0.1) is 5.39 Å². The Balaban J connectivity index is 1.37. The van der Waals surface area contributed by atoms with Crippen molar-refractivity contribution in [1.29, 1.82) is 0 Å². The number of nitrogens with zero attached hydrogens (tertiary/aromatic N) is 5. The van der Waals surface area contributed by atoms with E-state index >= 15 is 0 Å². The second-order valence-electron chi connectivity index (χ2n) is 10.4. The number of aryl methyl sites for hydroxylation is 1. The molecule has 1 aliphatic rings. The van der Waals surface area contributed by atoms with Gasteiger partial charge in [0.1, 0.15) is 5.60 Å². The molecule has 204 valence electrons. The van der Waals surface area contributed by atoms with Crippen LogP contribution in [0.25, 0.3) is 10.8 Å². The number of aromatic nitrogens is 4. The molecular formula is C26H35N7O5. The van der Waals surface area contributed by atoms with E-state index in [-0.39, 0.29) is 36.3 Å². The maximum Gasteiger partial charge on any atom is 0.410 e. The van der Waals surface area contributed by atoms with Crippen LogP contribution in [0.2, 0.25) is 0 Å². The number of hydrogen-bond donors (Lipinski definition) is 2. The predicted octanol–water partition coefficient (Wildman–Crippen LogP) is 3.62. The molecule has 0 aliphatic carbocycles. The Morgan fingerprint density at radius 2 is 2.03 bits per heavy atom. The molecule has 2 amide bonds.